The molecule has 2 heterocycles. The van der Waals surface area contributed by atoms with Crippen LogP contribution in [0.1, 0.15) is 33.6 Å². The van der Waals surface area contributed by atoms with Crippen molar-refractivity contribution in [2.45, 2.75) is 24.7 Å². The number of carbonyl (C=O) groups is 1. The first-order valence-electron chi connectivity index (χ1n) is 11.2. The lowest BCUT2D eigenvalue weighted by Crippen LogP contribution is -2.42. The minimum Gasteiger partial charge on any atom is -0.374 e. The normalized spacial score (nSPS) is 17.4. The quantitative estimate of drug-likeness (QED) is 0.293. The van der Waals surface area contributed by atoms with Crippen LogP contribution >= 0.6 is 23.2 Å². The molecule has 1 aliphatic rings. The molecule has 4 aromatic rings. The van der Waals surface area contributed by atoms with E-state index in [4.69, 9.17) is 28.0 Å². The summed E-state index contributed by atoms with van der Waals surface area (Å²) in [5.74, 6) is -0.337. The van der Waals surface area contributed by atoms with Crippen LogP contribution in [0.2, 0.25) is 10.0 Å². The molecule has 0 fully saturated rings. The number of oxime groups is 1. The third-order valence-corrected chi connectivity index (χ3v) is 6.59. The Kier molecular flexibility index (Phi) is 6.56. The van der Waals surface area contributed by atoms with E-state index in [0.29, 0.717) is 27.6 Å². The highest BCUT2D eigenvalue weighted by atomic mass is 35.5. The van der Waals surface area contributed by atoms with Crippen LogP contribution in [0.5, 0.6) is 0 Å². The van der Waals surface area contributed by atoms with E-state index >= 15 is 0 Å². The van der Waals surface area contributed by atoms with E-state index < -0.39 is 18.2 Å². The molecule has 0 bridgehead atoms. The Bertz CT molecular complexity index is 1510. The van der Waals surface area contributed by atoms with Gasteiger partial charge in [0.25, 0.3) is 11.5 Å². The summed E-state index contributed by atoms with van der Waals surface area (Å²) in [6.07, 6.45) is -3.77. The molecule has 1 aromatic heterocycles. The SMILES string of the molecule is O=C(NCc1ccccn1)c1ccc(C2=NOC(c3cc(Cl)cc(Cl)c3)(C(F)(F)F)C2)c2ccccc12. The van der Waals surface area contributed by atoms with Gasteiger partial charge in [0.2, 0.25) is 0 Å². The third kappa shape index (κ3) is 4.74. The van der Waals surface area contributed by atoms with Crippen LogP contribution in [-0.2, 0) is 17.0 Å². The number of aromatic nitrogens is 1. The third-order valence-electron chi connectivity index (χ3n) is 6.15. The van der Waals surface area contributed by atoms with Crippen LogP contribution in [0, 0.1) is 0 Å². The van der Waals surface area contributed by atoms with Gasteiger partial charge in [0.15, 0.2) is 0 Å². The van der Waals surface area contributed by atoms with Gasteiger partial charge in [-0.2, -0.15) is 13.2 Å². The number of rotatable bonds is 5. The second kappa shape index (κ2) is 9.68. The van der Waals surface area contributed by atoms with Crippen molar-refractivity contribution in [3.05, 3.63) is 111 Å². The topological polar surface area (TPSA) is 63.6 Å². The van der Waals surface area contributed by atoms with Gasteiger partial charge in [-0.05, 0) is 47.2 Å². The predicted molar refractivity (Wildman–Crippen MR) is 136 cm³/mol. The highest BCUT2D eigenvalue weighted by Crippen LogP contribution is 2.50. The minimum absolute atomic E-state index is 0.0506. The molecule has 37 heavy (non-hydrogen) atoms. The van der Waals surface area contributed by atoms with Crippen LogP contribution in [0.15, 0.2) is 84.1 Å². The summed E-state index contributed by atoms with van der Waals surface area (Å²) in [4.78, 5) is 22.3. The van der Waals surface area contributed by atoms with E-state index in [0.717, 1.165) is 0 Å². The van der Waals surface area contributed by atoms with Gasteiger partial charge in [0.05, 0.1) is 18.0 Å². The molecule has 0 saturated carbocycles. The summed E-state index contributed by atoms with van der Waals surface area (Å²) in [5, 5.41) is 7.93. The van der Waals surface area contributed by atoms with Gasteiger partial charge in [-0.25, -0.2) is 0 Å². The monoisotopic (exact) mass is 543 g/mol. The van der Waals surface area contributed by atoms with E-state index in [2.05, 4.69) is 15.5 Å². The number of nitrogens with zero attached hydrogens (tertiary/aromatic N) is 2. The second-order valence-electron chi connectivity index (χ2n) is 8.50. The Balaban J connectivity index is 1.49. The second-order valence-corrected chi connectivity index (χ2v) is 9.37. The lowest BCUT2D eigenvalue weighted by molar-refractivity contribution is -0.275. The number of fused-ring (bicyclic) bond motifs is 1. The molecular formula is C27H18Cl2F3N3O2. The van der Waals surface area contributed by atoms with E-state index in [1.165, 1.54) is 18.2 Å². The van der Waals surface area contributed by atoms with Crippen molar-refractivity contribution in [2.75, 3.05) is 0 Å². The summed E-state index contributed by atoms with van der Waals surface area (Å²) in [6.45, 7) is 0.229. The molecule has 188 valence electrons. The number of pyridine rings is 1. The number of hydrogen-bond donors (Lipinski definition) is 1. The standard InChI is InChI=1S/C27H18Cl2F3N3O2/c28-17-11-16(12-18(29)13-17)26(27(30,31)32)14-24(35-37-26)22-8-9-23(21-7-2-1-6-20(21)22)25(36)34-15-19-5-3-4-10-33-19/h1-13H,14-15H2,(H,34,36). The highest BCUT2D eigenvalue weighted by molar-refractivity contribution is 6.34. The fraction of sp³-hybridized carbons (Fsp3) is 0.148. The highest BCUT2D eigenvalue weighted by Gasteiger charge is 2.62. The Hall–Kier alpha value is -3.62. The van der Waals surface area contributed by atoms with Crippen molar-refractivity contribution in [3.63, 3.8) is 0 Å². The fourth-order valence-corrected chi connectivity index (χ4v) is 4.88. The Labute approximate surface area is 219 Å². The average molecular weight is 544 g/mol. The largest absolute Gasteiger partial charge is 0.435 e. The first kappa shape index (κ1) is 25.0. The first-order chi connectivity index (χ1) is 17.7. The molecule has 5 nitrogen and oxygen atoms in total. The maximum absolute atomic E-state index is 14.4. The van der Waals surface area contributed by atoms with E-state index in [9.17, 15) is 18.0 Å². The summed E-state index contributed by atoms with van der Waals surface area (Å²) >= 11 is 12.0. The first-order valence-corrected chi connectivity index (χ1v) is 11.9. The Morgan fingerprint density at radius 3 is 2.35 bits per heavy atom. The maximum atomic E-state index is 14.4. The zero-order valence-corrected chi connectivity index (χ0v) is 20.5. The molecule has 1 aliphatic heterocycles. The van der Waals surface area contributed by atoms with Crippen molar-refractivity contribution in [3.8, 4) is 0 Å². The van der Waals surface area contributed by atoms with Gasteiger partial charge in [-0.3, -0.25) is 9.78 Å². The zero-order valence-electron chi connectivity index (χ0n) is 19.0. The Morgan fingerprint density at radius 2 is 1.68 bits per heavy atom. The van der Waals surface area contributed by atoms with Crippen LogP contribution in [0.4, 0.5) is 13.2 Å². The van der Waals surface area contributed by atoms with Gasteiger partial charge in [0, 0.05) is 39.4 Å². The number of alkyl halides is 3. The van der Waals surface area contributed by atoms with E-state index in [1.807, 2.05) is 6.07 Å². The molecule has 10 heteroatoms. The van der Waals surface area contributed by atoms with Crippen molar-refractivity contribution in [1.29, 1.82) is 0 Å². The van der Waals surface area contributed by atoms with Gasteiger partial charge in [-0.15, -0.1) is 0 Å². The molecule has 0 radical (unpaired) electrons. The molecule has 0 spiro atoms. The smallest absolute Gasteiger partial charge is 0.374 e. The number of amides is 1. The molecule has 1 unspecified atom stereocenters. The maximum Gasteiger partial charge on any atom is 0.435 e. The lowest BCUT2D eigenvalue weighted by atomic mass is 9.85. The Morgan fingerprint density at radius 1 is 0.973 bits per heavy atom. The summed E-state index contributed by atoms with van der Waals surface area (Å²) in [7, 11) is 0. The van der Waals surface area contributed by atoms with Crippen LogP contribution in [0.3, 0.4) is 0 Å². The average Bonchev–Trinajstić information content (AvgIpc) is 3.34. The van der Waals surface area contributed by atoms with E-state index in [1.54, 1.807) is 54.7 Å². The molecule has 0 aliphatic carbocycles. The van der Waals surface area contributed by atoms with Gasteiger partial charge in [0.1, 0.15) is 0 Å². The van der Waals surface area contributed by atoms with Crippen molar-refractivity contribution < 1.29 is 22.8 Å². The zero-order chi connectivity index (χ0) is 26.2. The number of hydrogen-bond acceptors (Lipinski definition) is 4. The predicted octanol–water partition coefficient (Wildman–Crippen LogP) is 7.05. The molecule has 3 aromatic carbocycles. The molecule has 1 amide bonds. The van der Waals surface area contributed by atoms with Crippen LogP contribution in [-0.4, -0.2) is 22.8 Å². The van der Waals surface area contributed by atoms with Crippen LogP contribution < -0.4 is 5.32 Å². The molecule has 1 N–H and O–H groups in total. The summed E-state index contributed by atoms with van der Waals surface area (Å²) in [6, 6.07) is 19.2. The number of nitrogens with one attached hydrogen (secondary N) is 1. The molecule has 0 saturated heterocycles. The number of benzene rings is 3. The minimum atomic E-state index is -4.81. The van der Waals surface area contributed by atoms with Gasteiger partial charge >= 0.3 is 6.18 Å². The molecule has 1 atom stereocenters. The van der Waals surface area contributed by atoms with Crippen molar-refractivity contribution >= 4 is 45.6 Å². The number of halogens is 5. The van der Waals surface area contributed by atoms with Gasteiger partial charge < -0.3 is 10.2 Å². The van der Waals surface area contributed by atoms with Crippen LogP contribution in [0.25, 0.3) is 10.8 Å². The van der Waals surface area contributed by atoms with Gasteiger partial charge in [-0.1, -0.05) is 64.8 Å². The number of carbonyl (C=O) groups excluding carboxylic acids is 1. The van der Waals surface area contributed by atoms with E-state index in [-0.39, 0.29) is 33.8 Å². The summed E-state index contributed by atoms with van der Waals surface area (Å²) in [5.41, 5.74) is -1.42. The lowest BCUT2D eigenvalue weighted by Gasteiger charge is -2.29. The van der Waals surface area contributed by atoms with Crippen molar-refractivity contribution in [2.24, 2.45) is 5.16 Å². The van der Waals surface area contributed by atoms with Crippen molar-refractivity contribution in [1.82, 2.24) is 10.3 Å². The fourth-order valence-electron chi connectivity index (χ4n) is 4.35. The summed E-state index contributed by atoms with van der Waals surface area (Å²) < 4.78 is 43.3. The molecule has 5 rings (SSSR count). The molecular weight excluding hydrogens is 526 g/mol.